The maximum Gasteiger partial charge on any atom is 0.303 e. The van der Waals surface area contributed by atoms with E-state index >= 15 is 0 Å². The molecule has 0 aromatic rings. The molecule has 1 aliphatic rings. The Morgan fingerprint density at radius 2 is 2.06 bits per heavy atom. The Hall–Kier alpha value is -1.07. The molecule has 5 nitrogen and oxygen atoms in total. The van der Waals surface area contributed by atoms with Gasteiger partial charge in [0.15, 0.2) is 0 Å². The van der Waals surface area contributed by atoms with Crippen molar-refractivity contribution in [2.75, 3.05) is 6.61 Å². The quantitative estimate of drug-likeness (QED) is 0.326. The number of hydrogen-bond donors (Lipinski definition) is 0. The van der Waals surface area contributed by atoms with Crippen molar-refractivity contribution in [3.63, 3.8) is 0 Å². The van der Waals surface area contributed by atoms with Crippen LogP contribution >= 0.6 is 22.6 Å². The molecule has 0 aliphatic carbocycles. The summed E-state index contributed by atoms with van der Waals surface area (Å²) in [5.74, 6) is 1.99. The average Bonchev–Trinajstić information content (AvgIpc) is 2.28. The normalized spacial score (nSPS) is 25.8. The summed E-state index contributed by atoms with van der Waals surface area (Å²) >= 11 is 1.91. The van der Waals surface area contributed by atoms with Crippen LogP contribution in [0.5, 0.6) is 0 Å². The van der Waals surface area contributed by atoms with Gasteiger partial charge >= 0.3 is 11.9 Å². The third kappa shape index (κ3) is 5.06. The van der Waals surface area contributed by atoms with E-state index in [1.54, 1.807) is 12.2 Å². The molecule has 0 spiro atoms. The molecule has 1 heterocycles. The van der Waals surface area contributed by atoms with Crippen molar-refractivity contribution in [3.8, 4) is 9.85 Å². The van der Waals surface area contributed by atoms with Crippen LogP contribution in [-0.2, 0) is 23.8 Å². The molecule has 0 radical (unpaired) electrons. The van der Waals surface area contributed by atoms with Gasteiger partial charge < -0.3 is 14.2 Å². The first-order valence-electron chi connectivity index (χ1n) is 5.28. The molecule has 0 fully saturated rings. The Morgan fingerprint density at radius 1 is 1.33 bits per heavy atom. The molecule has 0 saturated carbocycles. The maximum atomic E-state index is 11.0. The zero-order chi connectivity index (χ0) is 13.5. The van der Waals surface area contributed by atoms with Crippen molar-refractivity contribution in [1.29, 1.82) is 0 Å². The Balaban J connectivity index is 2.70. The van der Waals surface area contributed by atoms with E-state index in [1.807, 2.05) is 22.6 Å². The third-order valence-electron chi connectivity index (χ3n) is 2.11. The predicted octanol–water partition coefficient (Wildman–Crippen LogP) is 1.20. The van der Waals surface area contributed by atoms with E-state index in [2.05, 4.69) is 9.85 Å². The van der Waals surface area contributed by atoms with Crippen molar-refractivity contribution < 1.29 is 23.8 Å². The molecule has 6 heteroatoms. The SMILES string of the molecule is CC(=O)OCC1O[C@H](C#CI)C=C[C@@H]1OC(C)=O. The molecule has 0 saturated heterocycles. The summed E-state index contributed by atoms with van der Waals surface area (Å²) in [5.41, 5.74) is 0. The summed E-state index contributed by atoms with van der Waals surface area (Å²) in [7, 11) is 0. The van der Waals surface area contributed by atoms with Crippen LogP contribution in [0.15, 0.2) is 12.2 Å². The Labute approximate surface area is 119 Å². The number of halogens is 1. The number of carbonyl (C=O) groups excluding carboxylic acids is 2. The lowest BCUT2D eigenvalue weighted by atomic mass is 10.1. The van der Waals surface area contributed by atoms with Gasteiger partial charge in [-0.2, -0.15) is 0 Å². The van der Waals surface area contributed by atoms with Gasteiger partial charge in [-0.1, -0.05) is 5.92 Å². The summed E-state index contributed by atoms with van der Waals surface area (Å²) in [6.45, 7) is 2.64. The summed E-state index contributed by atoms with van der Waals surface area (Å²) in [6, 6.07) is 0. The van der Waals surface area contributed by atoms with Gasteiger partial charge in [-0.15, -0.1) is 0 Å². The van der Waals surface area contributed by atoms with Gasteiger partial charge in [-0.05, 0) is 16.1 Å². The highest BCUT2D eigenvalue weighted by Crippen LogP contribution is 2.16. The second-order valence-electron chi connectivity index (χ2n) is 3.60. The highest BCUT2D eigenvalue weighted by Gasteiger charge is 2.29. The van der Waals surface area contributed by atoms with Crippen molar-refractivity contribution in [3.05, 3.63) is 12.2 Å². The molecule has 0 bridgehead atoms. The fourth-order valence-corrected chi connectivity index (χ4v) is 1.73. The summed E-state index contributed by atoms with van der Waals surface area (Å²) in [5, 5.41) is 0. The van der Waals surface area contributed by atoms with Crippen LogP contribution in [0.25, 0.3) is 0 Å². The molecule has 1 aliphatic heterocycles. The Morgan fingerprint density at radius 3 is 2.61 bits per heavy atom. The van der Waals surface area contributed by atoms with Crippen LogP contribution in [-0.4, -0.2) is 36.9 Å². The molecule has 98 valence electrons. The predicted molar refractivity (Wildman–Crippen MR) is 71.8 cm³/mol. The van der Waals surface area contributed by atoms with E-state index in [4.69, 9.17) is 14.2 Å². The van der Waals surface area contributed by atoms with Gasteiger partial charge in [0.25, 0.3) is 0 Å². The second-order valence-corrected chi connectivity index (χ2v) is 4.13. The molecule has 0 amide bonds. The van der Waals surface area contributed by atoms with E-state index < -0.39 is 24.1 Å². The third-order valence-corrected chi connectivity index (χ3v) is 2.42. The number of esters is 2. The molecule has 18 heavy (non-hydrogen) atoms. The minimum Gasteiger partial charge on any atom is -0.463 e. The molecule has 1 unspecified atom stereocenters. The zero-order valence-electron chi connectivity index (χ0n) is 10.0. The first-order valence-corrected chi connectivity index (χ1v) is 6.36. The van der Waals surface area contributed by atoms with Gasteiger partial charge in [0.1, 0.15) is 24.9 Å². The first-order chi connectivity index (χ1) is 8.52. The van der Waals surface area contributed by atoms with Crippen molar-refractivity contribution >= 4 is 34.5 Å². The van der Waals surface area contributed by atoms with E-state index in [0.717, 1.165) is 0 Å². The lowest BCUT2D eigenvalue weighted by Gasteiger charge is -2.29. The summed E-state index contributed by atoms with van der Waals surface area (Å²) in [4.78, 5) is 21.7. The number of ether oxygens (including phenoxy) is 3. The van der Waals surface area contributed by atoms with Crippen molar-refractivity contribution in [1.82, 2.24) is 0 Å². The van der Waals surface area contributed by atoms with Crippen LogP contribution in [0.2, 0.25) is 0 Å². The molecule has 0 aromatic heterocycles. The molecule has 0 N–H and O–H groups in total. The number of carbonyl (C=O) groups is 2. The van der Waals surface area contributed by atoms with Crippen LogP contribution in [0.4, 0.5) is 0 Å². The highest BCUT2D eigenvalue weighted by molar-refractivity contribution is 14.1. The largest absolute Gasteiger partial charge is 0.463 e. The molecule has 0 aromatic carbocycles. The smallest absolute Gasteiger partial charge is 0.303 e. The fraction of sp³-hybridized carbons (Fsp3) is 0.500. The van der Waals surface area contributed by atoms with E-state index in [0.29, 0.717) is 0 Å². The molecule has 1 rings (SSSR count). The maximum absolute atomic E-state index is 11.0. The van der Waals surface area contributed by atoms with Gasteiger partial charge in [0.2, 0.25) is 0 Å². The zero-order valence-corrected chi connectivity index (χ0v) is 12.2. The van der Waals surface area contributed by atoms with E-state index in [1.165, 1.54) is 13.8 Å². The molecule has 3 atom stereocenters. The standard InChI is InChI=1S/C12H13IO5/c1-8(14)16-7-12-11(17-9(2)15)4-3-10(18-12)5-6-13/h3-4,10-12H,7H2,1-2H3/t10-,11-,12?/m0/s1. The fourth-order valence-electron chi connectivity index (χ4n) is 1.42. The van der Waals surface area contributed by atoms with Gasteiger partial charge in [-0.25, -0.2) is 0 Å². The van der Waals surface area contributed by atoms with E-state index in [-0.39, 0.29) is 12.7 Å². The molecular formula is C12H13IO5. The lowest BCUT2D eigenvalue weighted by Crippen LogP contribution is -2.41. The van der Waals surface area contributed by atoms with Crippen LogP contribution in [0, 0.1) is 9.85 Å². The monoisotopic (exact) mass is 364 g/mol. The molecular weight excluding hydrogens is 351 g/mol. The highest BCUT2D eigenvalue weighted by atomic mass is 127. The topological polar surface area (TPSA) is 61.8 Å². The van der Waals surface area contributed by atoms with Gasteiger partial charge in [-0.3, -0.25) is 9.59 Å². The Kier molecular flexibility index (Phi) is 6.15. The Bertz CT molecular complexity index is 406. The van der Waals surface area contributed by atoms with Crippen LogP contribution < -0.4 is 0 Å². The minimum atomic E-state index is -0.561. The summed E-state index contributed by atoms with van der Waals surface area (Å²) in [6.07, 6.45) is 1.93. The first kappa shape index (κ1) is 15.0. The van der Waals surface area contributed by atoms with Gasteiger partial charge in [0, 0.05) is 36.4 Å². The number of rotatable bonds is 3. The van der Waals surface area contributed by atoms with Gasteiger partial charge in [0.05, 0.1) is 0 Å². The van der Waals surface area contributed by atoms with Crippen LogP contribution in [0.1, 0.15) is 13.8 Å². The lowest BCUT2D eigenvalue weighted by molar-refractivity contribution is -0.161. The van der Waals surface area contributed by atoms with Crippen molar-refractivity contribution in [2.45, 2.75) is 32.2 Å². The summed E-state index contributed by atoms with van der Waals surface area (Å²) < 4.78 is 18.2. The number of hydrogen-bond acceptors (Lipinski definition) is 5. The second kappa shape index (κ2) is 7.38. The average molecular weight is 364 g/mol. The minimum absolute atomic E-state index is 0.0248. The van der Waals surface area contributed by atoms with E-state index in [9.17, 15) is 9.59 Å². The van der Waals surface area contributed by atoms with Crippen LogP contribution in [0.3, 0.4) is 0 Å². The van der Waals surface area contributed by atoms with Crippen molar-refractivity contribution in [2.24, 2.45) is 0 Å².